The lowest BCUT2D eigenvalue weighted by Gasteiger charge is -2.19. The summed E-state index contributed by atoms with van der Waals surface area (Å²) in [6, 6.07) is 7.88. The minimum atomic E-state index is 0. The highest BCUT2D eigenvalue weighted by atomic mass is 127. The minimum absolute atomic E-state index is 0. The third kappa shape index (κ3) is 4.83. The number of halogens is 2. The second kappa shape index (κ2) is 7.94. The number of hydrogen-bond donors (Lipinski definition) is 1. The Hall–Kier alpha value is -0.500. The van der Waals surface area contributed by atoms with Crippen molar-refractivity contribution in [3.8, 4) is 5.75 Å². The largest absolute Gasteiger partial charge is 0.488 e. The van der Waals surface area contributed by atoms with Crippen LogP contribution in [0.3, 0.4) is 0 Å². The van der Waals surface area contributed by atoms with Gasteiger partial charge in [0.1, 0.15) is 11.9 Å². The zero-order valence-electron chi connectivity index (χ0n) is 11.1. The van der Waals surface area contributed by atoms with E-state index < -0.39 is 0 Å². The fraction of sp³-hybridized carbons (Fsp3) is 0.462. The van der Waals surface area contributed by atoms with Gasteiger partial charge in [-0.2, -0.15) is 0 Å². The van der Waals surface area contributed by atoms with E-state index in [9.17, 15) is 0 Å². The van der Waals surface area contributed by atoms with Crippen LogP contribution < -0.4 is 10.1 Å². The van der Waals surface area contributed by atoms with Gasteiger partial charge in [-0.15, -0.1) is 24.0 Å². The molecular formula is C13H19BrIN3O. The topological polar surface area (TPSA) is 36.9 Å². The van der Waals surface area contributed by atoms with Gasteiger partial charge in [-0.1, -0.05) is 12.1 Å². The molecule has 6 heteroatoms. The molecule has 2 rings (SSSR count). The third-order valence-electron chi connectivity index (χ3n) is 2.77. The maximum Gasteiger partial charge on any atom is 0.193 e. The van der Waals surface area contributed by atoms with E-state index in [-0.39, 0.29) is 30.1 Å². The molecule has 0 amide bonds. The van der Waals surface area contributed by atoms with Gasteiger partial charge in [0.2, 0.25) is 0 Å². The molecule has 1 aromatic carbocycles. The van der Waals surface area contributed by atoms with Crippen LogP contribution in [0.1, 0.15) is 6.92 Å². The molecule has 1 unspecified atom stereocenters. The van der Waals surface area contributed by atoms with Crippen molar-refractivity contribution in [1.29, 1.82) is 0 Å². The summed E-state index contributed by atoms with van der Waals surface area (Å²) in [5, 5.41) is 3.31. The van der Waals surface area contributed by atoms with E-state index in [0.29, 0.717) is 0 Å². The Morgan fingerprint density at radius 3 is 2.84 bits per heavy atom. The summed E-state index contributed by atoms with van der Waals surface area (Å²) in [7, 11) is 2.04. The predicted molar refractivity (Wildman–Crippen MR) is 92.6 cm³/mol. The zero-order chi connectivity index (χ0) is 13.0. The number of guanidine groups is 1. The molecule has 0 saturated heterocycles. The average molecular weight is 440 g/mol. The number of para-hydroxylation sites is 1. The molecule has 1 aliphatic rings. The summed E-state index contributed by atoms with van der Waals surface area (Å²) >= 11 is 3.47. The van der Waals surface area contributed by atoms with Crippen molar-refractivity contribution in [3.05, 3.63) is 28.7 Å². The van der Waals surface area contributed by atoms with E-state index in [1.165, 1.54) is 0 Å². The smallest absolute Gasteiger partial charge is 0.193 e. The van der Waals surface area contributed by atoms with Crippen LogP contribution in [0.15, 0.2) is 33.7 Å². The van der Waals surface area contributed by atoms with Crippen molar-refractivity contribution in [2.45, 2.75) is 13.0 Å². The second-order valence-corrected chi connectivity index (χ2v) is 5.22. The molecule has 1 aliphatic heterocycles. The van der Waals surface area contributed by atoms with E-state index >= 15 is 0 Å². The maximum atomic E-state index is 5.86. The third-order valence-corrected chi connectivity index (χ3v) is 3.43. The van der Waals surface area contributed by atoms with Gasteiger partial charge in [-0.25, -0.2) is 0 Å². The maximum absolute atomic E-state index is 5.86. The van der Waals surface area contributed by atoms with Crippen LogP contribution >= 0.6 is 39.9 Å². The summed E-state index contributed by atoms with van der Waals surface area (Å²) < 4.78 is 6.84. The standard InChI is InChI=1S/C13H18BrN3O.HI/c1-10(9-16-13-15-7-8-17(13)2)18-12-6-4-3-5-11(12)14;/h3-6,10H,7-9H2,1-2H3,(H,15,16);1H. The van der Waals surface area contributed by atoms with E-state index in [0.717, 1.165) is 35.8 Å². The molecule has 0 saturated carbocycles. The van der Waals surface area contributed by atoms with Gasteiger partial charge < -0.3 is 15.0 Å². The molecule has 4 nitrogen and oxygen atoms in total. The first-order valence-corrected chi connectivity index (χ1v) is 6.87. The van der Waals surface area contributed by atoms with Gasteiger partial charge in [0.25, 0.3) is 0 Å². The van der Waals surface area contributed by atoms with E-state index in [2.05, 4.69) is 31.1 Å². The quantitative estimate of drug-likeness (QED) is 0.733. The highest BCUT2D eigenvalue weighted by Gasteiger charge is 2.13. The fourth-order valence-electron chi connectivity index (χ4n) is 1.76. The van der Waals surface area contributed by atoms with Gasteiger partial charge in [-0.05, 0) is 35.0 Å². The Morgan fingerprint density at radius 1 is 1.47 bits per heavy atom. The summed E-state index contributed by atoms with van der Waals surface area (Å²) in [4.78, 5) is 6.50. The lowest BCUT2D eigenvalue weighted by molar-refractivity contribution is 0.221. The van der Waals surface area contributed by atoms with Gasteiger partial charge >= 0.3 is 0 Å². The second-order valence-electron chi connectivity index (χ2n) is 4.37. The molecule has 1 aromatic rings. The number of benzene rings is 1. The average Bonchev–Trinajstić information content (AvgIpc) is 2.75. The first-order chi connectivity index (χ1) is 8.66. The van der Waals surface area contributed by atoms with Crippen molar-refractivity contribution in [3.63, 3.8) is 0 Å². The Bertz CT molecular complexity index is 442. The Balaban J connectivity index is 0.00000180. The van der Waals surface area contributed by atoms with Crippen LogP contribution in [0.5, 0.6) is 5.75 Å². The Labute approximate surface area is 139 Å². The highest BCUT2D eigenvalue weighted by Crippen LogP contribution is 2.24. The van der Waals surface area contributed by atoms with Gasteiger partial charge in [0.05, 0.1) is 17.6 Å². The van der Waals surface area contributed by atoms with Crippen LogP contribution in [0.2, 0.25) is 0 Å². The van der Waals surface area contributed by atoms with Crippen LogP contribution in [0, 0.1) is 0 Å². The van der Waals surface area contributed by atoms with Crippen molar-refractivity contribution < 1.29 is 4.74 Å². The van der Waals surface area contributed by atoms with Crippen LogP contribution in [-0.4, -0.2) is 43.6 Å². The summed E-state index contributed by atoms with van der Waals surface area (Å²) in [6.07, 6.45) is 0.0837. The molecule has 0 bridgehead atoms. The van der Waals surface area contributed by atoms with Crippen LogP contribution in [0.4, 0.5) is 0 Å². The number of hydrogen-bond acceptors (Lipinski definition) is 4. The van der Waals surface area contributed by atoms with Gasteiger partial charge in [0, 0.05) is 13.6 Å². The lowest BCUT2D eigenvalue weighted by atomic mass is 10.3. The predicted octanol–water partition coefficient (Wildman–Crippen LogP) is 2.73. The molecule has 0 fully saturated rings. The van der Waals surface area contributed by atoms with Gasteiger partial charge in [0.15, 0.2) is 5.96 Å². The van der Waals surface area contributed by atoms with Crippen LogP contribution in [0.25, 0.3) is 0 Å². The SMILES string of the molecule is CC(CNC1=NCCN1C)Oc1ccccc1Br.I. The van der Waals surface area contributed by atoms with Crippen molar-refractivity contribution >= 4 is 45.9 Å². The number of nitrogens with one attached hydrogen (secondary N) is 1. The number of rotatable bonds is 4. The molecule has 19 heavy (non-hydrogen) atoms. The number of likely N-dealkylation sites (N-methyl/N-ethyl adjacent to an activating group) is 1. The Morgan fingerprint density at radius 2 is 2.21 bits per heavy atom. The van der Waals surface area contributed by atoms with Crippen molar-refractivity contribution in [2.24, 2.45) is 4.99 Å². The first kappa shape index (κ1) is 16.6. The molecule has 0 spiro atoms. The lowest BCUT2D eigenvalue weighted by Crippen LogP contribution is -2.40. The summed E-state index contributed by atoms with van der Waals surface area (Å²) in [5.74, 6) is 1.83. The molecule has 106 valence electrons. The Kier molecular flexibility index (Phi) is 6.92. The highest BCUT2D eigenvalue weighted by molar-refractivity contribution is 14.0. The van der Waals surface area contributed by atoms with E-state index in [1.807, 2.05) is 38.2 Å². The number of aliphatic imine (C=N–C) groups is 1. The fourth-order valence-corrected chi connectivity index (χ4v) is 2.14. The monoisotopic (exact) mass is 439 g/mol. The number of nitrogens with zero attached hydrogens (tertiary/aromatic N) is 2. The van der Waals surface area contributed by atoms with Gasteiger partial charge in [-0.3, -0.25) is 4.99 Å². The molecule has 1 atom stereocenters. The van der Waals surface area contributed by atoms with Crippen molar-refractivity contribution in [2.75, 3.05) is 26.7 Å². The van der Waals surface area contributed by atoms with Crippen molar-refractivity contribution in [1.82, 2.24) is 10.2 Å². The molecule has 0 aromatic heterocycles. The molecule has 0 radical (unpaired) electrons. The van der Waals surface area contributed by atoms with E-state index in [4.69, 9.17) is 4.74 Å². The zero-order valence-corrected chi connectivity index (χ0v) is 15.0. The minimum Gasteiger partial charge on any atom is -0.488 e. The number of ether oxygens (including phenoxy) is 1. The molecular weight excluding hydrogens is 421 g/mol. The molecule has 1 N–H and O–H groups in total. The molecule has 0 aliphatic carbocycles. The first-order valence-electron chi connectivity index (χ1n) is 6.07. The summed E-state index contributed by atoms with van der Waals surface area (Å²) in [6.45, 7) is 4.65. The normalized spacial score (nSPS) is 15.5. The van der Waals surface area contributed by atoms with E-state index in [1.54, 1.807) is 0 Å². The van der Waals surface area contributed by atoms with Crippen LogP contribution in [-0.2, 0) is 0 Å². The summed E-state index contributed by atoms with van der Waals surface area (Å²) in [5.41, 5.74) is 0. The molecule has 1 heterocycles.